The number of hydrogen-bond donors (Lipinski definition) is 2. The molecule has 2 N–H and O–H groups in total. The van der Waals surface area contributed by atoms with E-state index in [1.165, 1.54) is 6.33 Å². The number of nitrogens with one attached hydrogen (secondary N) is 2. The summed E-state index contributed by atoms with van der Waals surface area (Å²) >= 11 is 5.89. The highest BCUT2D eigenvalue weighted by atomic mass is 35.5. The largest absolute Gasteiger partial charge is 0.370 e. The SMILES string of the molecule is Cc1c(Cl)ncnc1NCCCC(=O)NC1CC1. The second-order valence-corrected chi connectivity index (χ2v) is 4.87. The average Bonchev–Trinajstić information content (AvgIpc) is 3.13. The summed E-state index contributed by atoms with van der Waals surface area (Å²) in [5.74, 6) is 0.870. The summed E-state index contributed by atoms with van der Waals surface area (Å²) in [6, 6.07) is 0.438. The topological polar surface area (TPSA) is 66.9 Å². The Kier molecular flexibility index (Phi) is 4.36. The quantitative estimate of drug-likeness (QED) is 0.611. The maximum Gasteiger partial charge on any atom is 0.220 e. The summed E-state index contributed by atoms with van der Waals surface area (Å²) in [6.45, 7) is 2.57. The van der Waals surface area contributed by atoms with Gasteiger partial charge in [0.1, 0.15) is 17.3 Å². The molecule has 0 aliphatic heterocycles. The Balaban J connectivity index is 1.68. The number of hydrogen-bond acceptors (Lipinski definition) is 4. The fraction of sp³-hybridized carbons (Fsp3) is 0.583. The Hall–Kier alpha value is -1.36. The molecule has 0 radical (unpaired) electrons. The lowest BCUT2D eigenvalue weighted by atomic mass is 10.3. The molecule has 2 rings (SSSR count). The maximum atomic E-state index is 11.4. The van der Waals surface area contributed by atoms with Crippen LogP contribution in [0.1, 0.15) is 31.2 Å². The molecule has 1 aliphatic rings. The minimum Gasteiger partial charge on any atom is -0.370 e. The standard InChI is InChI=1S/C12H17ClN4O/c1-8-11(13)15-7-16-12(8)14-6-2-3-10(18)17-9-4-5-9/h7,9H,2-6H2,1H3,(H,17,18)(H,14,15,16). The Morgan fingerprint density at radius 1 is 1.50 bits per heavy atom. The predicted octanol–water partition coefficient (Wildman–Crippen LogP) is 1.91. The highest BCUT2D eigenvalue weighted by molar-refractivity contribution is 6.30. The van der Waals surface area contributed by atoms with E-state index in [0.717, 1.165) is 30.6 Å². The molecule has 0 spiro atoms. The first-order chi connectivity index (χ1) is 8.66. The minimum atomic E-state index is 0.136. The smallest absolute Gasteiger partial charge is 0.220 e. The van der Waals surface area contributed by atoms with Crippen LogP contribution >= 0.6 is 11.6 Å². The molecule has 1 aliphatic carbocycles. The van der Waals surface area contributed by atoms with Crippen LogP contribution in [0.15, 0.2) is 6.33 Å². The first-order valence-electron chi connectivity index (χ1n) is 6.17. The third-order valence-electron chi connectivity index (χ3n) is 2.84. The Morgan fingerprint density at radius 3 is 3.00 bits per heavy atom. The molecule has 5 nitrogen and oxygen atoms in total. The predicted molar refractivity (Wildman–Crippen MR) is 70.7 cm³/mol. The first-order valence-corrected chi connectivity index (χ1v) is 6.55. The van der Waals surface area contributed by atoms with E-state index >= 15 is 0 Å². The summed E-state index contributed by atoms with van der Waals surface area (Å²) in [5, 5.41) is 6.58. The zero-order valence-corrected chi connectivity index (χ0v) is 11.1. The Bertz CT molecular complexity index is 434. The molecule has 1 fully saturated rings. The molecule has 1 aromatic rings. The van der Waals surface area contributed by atoms with Crippen molar-refractivity contribution in [3.05, 3.63) is 17.0 Å². The summed E-state index contributed by atoms with van der Waals surface area (Å²) in [7, 11) is 0. The van der Waals surface area contributed by atoms with Gasteiger partial charge in [-0.25, -0.2) is 9.97 Å². The molecule has 6 heteroatoms. The molecule has 0 aromatic carbocycles. The van der Waals surface area contributed by atoms with Gasteiger partial charge in [-0.05, 0) is 26.2 Å². The lowest BCUT2D eigenvalue weighted by Gasteiger charge is -2.08. The van der Waals surface area contributed by atoms with Crippen LogP contribution in [0.4, 0.5) is 5.82 Å². The second-order valence-electron chi connectivity index (χ2n) is 4.51. The number of carbonyl (C=O) groups excluding carboxylic acids is 1. The summed E-state index contributed by atoms with van der Waals surface area (Å²) in [5.41, 5.74) is 0.835. The molecule has 1 heterocycles. The monoisotopic (exact) mass is 268 g/mol. The number of anilines is 1. The number of carbonyl (C=O) groups is 1. The molecule has 1 aromatic heterocycles. The summed E-state index contributed by atoms with van der Waals surface area (Å²) < 4.78 is 0. The Labute approximate surface area is 111 Å². The van der Waals surface area contributed by atoms with Gasteiger partial charge in [-0.3, -0.25) is 4.79 Å². The van der Waals surface area contributed by atoms with Crippen LogP contribution in [-0.4, -0.2) is 28.5 Å². The van der Waals surface area contributed by atoms with E-state index in [0.29, 0.717) is 24.2 Å². The van der Waals surface area contributed by atoms with E-state index < -0.39 is 0 Å². The maximum absolute atomic E-state index is 11.4. The lowest BCUT2D eigenvalue weighted by molar-refractivity contribution is -0.121. The highest BCUT2D eigenvalue weighted by Gasteiger charge is 2.22. The molecule has 0 atom stereocenters. The average molecular weight is 269 g/mol. The van der Waals surface area contributed by atoms with Crippen LogP contribution in [0, 0.1) is 6.92 Å². The van der Waals surface area contributed by atoms with Gasteiger partial charge >= 0.3 is 0 Å². The number of rotatable bonds is 6. The van der Waals surface area contributed by atoms with E-state index in [4.69, 9.17) is 11.6 Å². The second kappa shape index (κ2) is 6.00. The van der Waals surface area contributed by atoms with E-state index in [-0.39, 0.29) is 5.91 Å². The first kappa shape index (κ1) is 13.1. The van der Waals surface area contributed by atoms with Crippen LogP contribution in [-0.2, 0) is 4.79 Å². The third-order valence-corrected chi connectivity index (χ3v) is 3.22. The van der Waals surface area contributed by atoms with Crippen LogP contribution in [0.2, 0.25) is 5.15 Å². The molecule has 98 valence electrons. The Morgan fingerprint density at radius 2 is 2.28 bits per heavy atom. The van der Waals surface area contributed by atoms with Gasteiger partial charge in [0.2, 0.25) is 5.91 Å². The van der Waals surface area contributed by atoms with E-state index in [1.807, 2.05) is 6.92 Å². The van der Waals surface area contributed by atoms with Gasteiger partial charge in [0.05, 0.1) is 0 Å². The summed E-state index contributed by atoms with van der Waals surface area (Å²) in [6.07, 6.45) is 5.00. The van der Waals surface area contributed by atoms with Crippen molar-refractivity contribution in [1.82, 2.24) is 15.3 Å². The van der Waals surface area contributed by atoms with E-state index in [9.17, 15) is 4.79 Å². The van der Waals surface area contributed by atoms with Crippen molar-refractivity contribution >= 4 is 23.3 Å². The van der Waals surface area contributed by atoms with Gasteiger partial charge in [0.15, 0.2) is 0 Å². The fourth-order valence-electron chi connectivity index (χ4n) is 1.59. The molecule has 1 amide bonds. The number of amides is 1. The normalized spacial score (nSPS) is 14.3. The van der Waals surface area contributed by atoms with Crippen molar-refractivity contribution in [2.24, 2.45) is 0 Å². The van der Waals surface area contributed by atoms with Crippen LogP contribution in [0.3, 0.4) is 0 Å². The molecular weight excluding hydrogens is 252 g/mol. The highest BCUT2D eigenvalue weighted by Crippen LogP contribution is 2.19. The number of halogens is 1. The van der Waals surface area contributed by atoms with Crippen molar-refractivity contribution in [2.75, 3.05) is 11.9 Å². The zero-order chi connectivity index (χ0) is 13.0. The molecule has 1 saturated carbocycles. The van der Waals surface area contributed by atoms with Crippen molar-refractivity contribution in [2.45, 2.75) is 38.6 Å². The minimum absolute atomic E-state index is 0.136. The van der Waals surface area contributed by atoms with Crippen molar-refractivity contribution < 1.29 is 4.79 Å². The number of aromatic nitrogens is 2. The van der Waals surface area contributed by atoms with E-state index in [2.05, 4.69) is 20.6 Å². The lowest BCUT2D eigenvalue weighted by Crippen LogP contribution is -2.25. The van der Waals surface area contributed by atoms with Gasteiger partial charge in [-0.15, -0.1) is 0 Å². The molecule has 0 saturated heterocycles. The molecule has 0 unspecified atom stereocenters. The van der Waals surface area contributed by atoms with Crippen molar-refractivity contribution in [3.63, 3.8) is 0 Å². The van der Waals surface area contributed by atoms with Gasteiger partial charge in [-0.1, -0.05) is 11.6 Å². The van der Waals surface area contributed by atoms with Gasteiger partial charge < -0.3 is 10.6 Å². The fourth-order valence-corrected chi connectivity index (χ4v) is 1.72. The van der Waals surface area contributed by atoms with Crippen molar-refractivity contribution in [1.29, 1.82) is 0 Å². The third kappa shape index (κ3) is 3.84. The number of nitrogens with zero attached hydrogens (tertiary/aromatic N) is 2. The summed E-state index contributed by atoms with van der Waals surface area (Å²) in [4.78, 5) is 19.4. The molecular formula is C12H17ClN4O. The van der Waals surface area contributed by atoms with E-state index in [1.54, 1.807) is 0 Å². The van der Waals surface area contributed by atoms with Crippen LogP contribution < -0.4 is 10.6 Å². The van der Waals surface area contributed by atoms with Crippen LogP contribution in [0.25, 0.3) is 0 Å². The van der Waals surface area contributed by atoms with Gasteiger partial charge in [-0.2, -0.15) is 0 Å². The van der Waals surface area contributed by atoms with Gasteiger partial charge in [0, 0.05) is 24.6 Å². The van der Waals surface area contributed by atoms with Crippen molar-refractivity contribution in [3.8, 4) is 0 Å². The molecule has 18 heavy (non-hydrogen) atoms. The van der Waals surface area contributed by atoms with Gasteiger partial charge in [0.25, 0.3) is 0 Å². The molecule has 0 bridgehead atoms. The zero-order valence-electron chi connectivity index (χ0n) is 10.4. The van der Waals surface area contributed by atoms with Crippen LogP contribution in [0.5, 0.6) is 0 Å².